The van der Waals surface area contributed by atoms with E-state index in [9.17, 15) is 9.59 Å². The number of ether oxygens (including phenoxy) is 2. The van der Waals surface area contributed by atoms with Gasteiger partial charge < -0.3 is 9.47 Å². The molecule has 0 aromatic heterocycles. The van der Waals surface area contributed by atoms with Crippen molar-refractivity contribution in [2.24, 2.45) is 0 Å². The van der Waals surface area contributed by atoms with E-state index in [2.05, 4.69) is 16.4 Å². The molecule has 1 saturated heterocycles. The van der Waals surface area contributed by atoms with Crippen LogP contribution >= 0.6 is 0 Å². The largest absolute Gasteiger partial charge is 0.508 e. The van der Waals surface area contributed by atoms with Crippen molar-refractivity contribution < 1.29 is 24.3 Å². The number of carbonyl (C=O) groups is 2. The standard InChI is InChI=1S/C8H17NO2.C4H6O3/c1-2-3-4-5-6-7-8(10)9-11;1-3-2-6-4(5)7-3/h11H,2-7H2,1H3,(H,9,10);3H,2H2,1H3. The number of nitrogens with one attached hydrogen (secondary N) is 1. The summed E-state index contributed by atoms with van der Waals surface area (Å²) in [5.41, 5.74) is 1.62. The van der Waals surface area contributed by atoms with Gasteiger partial charge in [-0.3, -0.25) is 10.0 Å². The number of hydroxylamine groups is 1. The molecule has 0 spiro atoms. The molecule has 0 saturated carbocycles. The molecule has 0 aromatic carbocycles. The van der Waals surface area contributed by atoms with E-state index in [0.717, 1.165) is 12.8 Å². The molecule has 1 atom stereocenters. The van der Waals surface area contributed by atoms with Gasteiger partial charge in [-0.25, -0.2) is 10.3 Å². The maximum Gasteiger partial charge on any atom is 0.508 e. The lowest BCUT2D eigenvalue weighted by molar-refractivity contribution is -0.129. The van der Waals surface area contributed by atoms with Gasteiger partial charge in [0.2, 0.25) is 5.91 Å². The highest BCUT2D eigenvalue weighted by Crippen LogP contribution is 2.04. The van der Waals surface area contributed by atoms with Crippen molar-refractivity contribution in [3.05, 3.63) is 0 Å². The number of hydrogen-bond donors (Lipinski definition) is 2. The van der Waals surface area contributed by atoms with Gasteiger partial charge in [-0.1, -0.05) is 32.6 Å². The van der Waals surface area contributed by atoms with Crippen LogP contribution in [0.5, 0.6) is 0 Å². The number of hydrogen-bond acceptors (Lipinski definition) is 5. The Labute approximate surface area is 108 Å². The molecule has 6 nitrogen and oxygen atoms in total. The van der Waals surface area contributed by atoms with Crippen molar-refractivity contribution in [1.82, 2.24) is 5.48 Å². The van der Waals surface area contributed by atoms with Gasteiger partial charge in [0.15, 0.2) is 0 Å². The van der Waals surface area contributed by atoms with Crippen molar-refractivity contribution >= 4 is 12.1 Å². The summed E-state index contributed by atoms with van der Waals surface area (Å²) in [5, 5.41) is 8.14. The maximum atomic E-state index is 10.5. The SMILES string of the molecule is CC1COC(=O)O1.CCCCCCCC(=O)NO. The Morgan fingerprint density at radius 2 is 2.06 bits per heavy atom. The third-order valence-corrected chi connectivity index (χ3v) is 2.37. The second-order valence-corrected chi connectivity index (χ2v) is 4.19. The quantitative estimate of drug-likeness (QED) is 0.332. The lowest BCUT2D eigenvalue weighted by Crippen LogP contribution is -2.17. The van der Waals surface area contributed by atoms with Gasteiger partial charge in [-0.05, 0) is 13.3 Å². The fraction of sp³-hybridized carbons (Fsp3) is 0.833. The fourth-order valence-corrected chi connectivity index (χ4v) is 1.36. The van der Waals surface area contributed by atoms with Crippen LogP contribution in [0.4, 0.5) is 4.79 Å². The molecular formula is C12H23NO5. The second-order valence-electron chi connectivity index (χ2n) is 4.19. The average Bonchev–Trinajstić information content (AvgIpc) is 2.73. The molecule has 1 fully saturated rings. The first-order valence-electron chi connectivity index (χ1n) is 6.36. The molecule has 0 aliphatic carbocycles. The van der Waals surface area contributed by atoms with Crippen LogP contribution in [0.25, 0.3) is 0 Å². The minimum Gasteiger partial charge on any atom is -0.430 e. The van der Waals surface area contributed by atoms with Crippen molar-refractivity contribution in [2.75, 3.05) is 6.61 Å². The van der Waals surface area contributed by atoms with Crippen molar-refractivity contribution in [1.29, 1.82) is 0 Å². The van der Waals surface area contributed by atoms with Gasteiger partial charge in [0.05, 0.1) is 0 Å². The highest BCUT2D eigenvalue weighted by Gasteiger charge is 2.19. The lowest BCUT2D eigenvalue weighted by atomic mass is 10.1. The second kappa shape index (κ2) is 10.8. The van der Waals surface area contributed by atoms with Crippen LogP contribution in [-0.4, -0.2) is 30.0 Å². The highest BCUT2D eigenvalue weighted by molar-refractivity contribution is 5.74. The van der Waals surface area contributed by atoms with E-state index in [-0.39, 0.29) is 12.0 Å². The summed E-state index contributed by atoms with van der Waals surface area (Å²) in [7, 11) is 0. The summed E-state index contributed by atoms with van der Waals surface area (Å²) >= 11 is 0. The lowest BCUT2D eigenvalue weighted by Gasteiger charge is -1.98. The third kappa shape index (κ3) is 9.89. The molecule has 1 aliphatic heterocycles. The first-order valence-corrected chi connectivity index (χ1v) is 6.36. The van der Waals surface area contributed by atoms with Gasteiger partial charge in [-0.15, -0.1) is 0 Å². The zero-order valence-electron chi connectivity index (χ0n) is 11.1. The van der Waals surface area contributed by atoms with Crippen molar-refractivity contribution in [3.8, 4) is 0 Å². The minimum absolute atomic E-state index is 0.0486. The molecule has 18 heavy (non-hydrogen) atoms. The minimum atomic E-state index is -0.549. The van der Waals surface area contributed by atoms with Crippen LogP contribution in [0.1, 0.15) is 52.4 Å². The number of amides is 1. The molecule has 1 amide bonds. The van der Waals surface area contributed by atoms with Gasteiger partial charge in [0.1, 0.15) is 12.7 Å². The molecule has 0 bridgehead atoms. The van der Waals surface area contributed by atoms with Crippen molar-refractivity contribution in [3.63, 3.8) is 0 Å². The summed E-state index contributed by atoms with van der Waals surface area (Å²) in [6, 6.07) is 0. The van der Waals surface area contributed by atoms with E-state index >= 15 is 0 Å². The molecule has 0 radical (unpaired) electrons. The van der Waals surface area contributed by atoms with Crippen LogP contribution in [0, 0.1) is 0 Å². The Morgan fingerprint density at radius 3 is 2.44 bits per heavy atom. The van der Waals surface area contributed by atoms with E-state index in [1.807, 2.05) is 0 Å². The predicted octanol–water partition coefficient (Wildman–Crippen LogP) is 2.39. The summed E-state index contributed by atoms with van der Waals surface area (Å²) in [5.74, 6) is -0.276. The number of unbranched alkanes of at least 4 members (excludes halogenated alkanes) is 4. The molecular weight excluding hydrogens is 238 g/mol. The smallest absolute Gasteiger partial charge is 0.430 e. The number of carbonyl (C=O) groups excluding carboxylic acids is 2. The van der Waals surface area contributed by atoms with E-state index in [1.54, 1.807) is 12.4 Å². The molecule has 1 aliphatic rings. The summed E-state index contributed by atoms with van der Waals surface area (Å²) < 4.78 is 8.90. The molecule has 1 rings (SSSR count). The van der Waals surface area contributed by atoms with Crippen molar-refractivity contribution in [2.45, 2.75) is 58.5 Å². The normalized spacial score (nSPS) is 17.3. The van der Waals surface area contributed by atoms with Gasteiger partial charge in [0.25, 0.3) is 0 Å². The summed E-state index contributed by atoms with van der Waals surface area (Å²) in [4.78, 5) is 20.5. The Bertz CT molecular complexity index is 245. The van der Waals surface area contributed by atoms with Crippen LogP contribution in [0.15, 0.2) is 0 Å². The summed E-state index contributed by atoms with van der Waals surface area (Å²) in [6.45, 7) is 4.34. The van der Waals surface area contributed by atoms with Gasteiger partial charge >= 0.3 is 6.16 Å². The Hall–Kier alpha value is -1.30. The van der Waals surface area contributed by atoms with E-state index in [1.165, 1.54) is 19.3 Å². The molecule has 1 unspecified atom stereocenters. The Morgan fingerprint density at radius 1 is 1.39 bits per heavy atom. The maximum absolute atomic E-state index is 10.5. The third-order valence-electron chi connectivity index (χ3n) is 2.37. The van der Waals surface area contributed by atoms with Crippen LogP contribution in [-0.2, 0) is 14.3 Å². The molecule has 106 valence electrons. The predicted molar refractivity (Wildman–Crippen MR) is 65.2 cm³/mol. The molecule has 0 aromatic rings. The monoisotopic (exact) mass is 261 g/mol. The van der Waals surface area contributed by atoms with Gasteiger partial charge in [-0.2, -0.15) is 0 Å². The van der Waals surface area contributed by atoms with Gasteiger partial charge in [0, 0.05) is 6.42 Å². The van der Waals surface area contributed by atoms with Crippen LogP contribution in [0.2, 0.25) is 0 Å². The molecule has 6 heteroatoms. The number of rotatable bonds is 6. The van der Waals surface area contributed by atoms with Crippen LogP contribution in [0.3, 0.4) is 0 Å². The van der Waals surface area contributed by atoms with E-state index in [0.29, 0.717) is 13.0 Å². The number of cyclic esters (lactones) is 2. The Kier molecular flexibility index (Phi) is 10.0. The topological polar surface area (TPSA) is 84.9 Å². The first kappa shape index (κ1) is 16.7. The average molecular weight is 261 g/mol. The first-order chi connectivity index (χ1) is 8.60. The molecule has 1 heterocycles. The highest BCUT2D eigenvalue weighted by atomic mass is 16.8. The fourth-order valence-electron chi connectivity index (χ4n) is 1.36. The van der Waals surface area contributed by atoms with E-state index < -0.39 is 6.16 Å². The Balaban J connectivity index is 0.000000351. The molecule has 2 N–H and O–H groups in total. The zero-order chi connectivity index (χ0) is 13.8. The summed E-state index contributed by atoms with van der Waals surface area (Å²) in [6.07, 6.45) is 5.45. The van der Waals surface area contributed by atoms with E-state index in [4.69, 9.17) is 5.21 Å². The van der Waals surface area contributed by atoms with Crippen LogP contribution < -0.4 is 5.48 Å². The zero-order valence-corrected chi connectivity index (χ0v) is 11.1.